The van der Waals surface area contributed by atoms with Crippen LogP contribution in [-0.4, -0.2) is 22.0 Å². The molecule has 1 atom stereocenters. The molecule has 0 radical (unpaired) electrons. The lowest BCUT2D eigenvalue weighted by Crippen LogP contribution is -2.47. The van der Waals surface area contributed by atoms with Gasteiger partial charge in [0.25, 0.3) is 0 Å². The van der Waals surface area contributed by atoms with Crippen molar-refractivity contribution in [3.8, 4) is 0 Å². The molecule has 4 fully saturated rings. The number of fused-ring (bicyclic) bond motifs is 1. The largest absolute Gasteiger partial charge is 0.465 e. The summed E-state index contributed by atoms with van der Waals surface area (Å²) in [6.07, 6.45) is 12.5. The van der Waals surface area contributed by atoms with Crippen LogP contribution >= 0.6 is 0 Å². The van der Waals surface area contributed by atoms with Crippen molar-refractivity contribution in [2.75, 3.05) is 6.61 Å². The van der Waals surface area contributed by atoms with Crippen LogP contribution < -0.4 is 0 Å². The molecule has 0 N–H and O–H groups in total. The highest BCUT2D eigenvalue weighted by atomic mass is 16.5. The number of benzene rings is 1. The summed E-state index contributed by atoms with van der Waals surface area (Å²) in [7, 11) is 0. The Bertz CT molecular complexity index is 1110. The number of esters is 1. The molecule has 4 aliphatic carbocycles. The summed E-state index contributed by atoms with van der Waals surface area (Å²) in [5.74, 6) is 2.28. The number of aromatic nitrogens is 2. The Morgan fingerprint density at radius 2 is 1.73 bits per heavy atom. The standard InChI is InChI=1S/C29H34N2O2/c1-2-33-28(32)25(14-20-7-4-3-5-8-20)26-19-31-24(9-6-10-27(31)30-26)18-29-15-21-11-22(16-29)13-23(12-21)17-29/h3-10,19,21-23,25H,2,11-18H2,1H3. The Morgan fingerprint density at radius 1 is 1.03 bits per heavy atom. The van der Waals surface area contributed by atoms with E-state index in [-0.39, 0.29) is 11.9 Å². The normalized spacial score (nSPS) is 28.8. The minimum Gasteiger partial charge on any atom is -0.465 e. The van der Waals surface area contributed by atoms with Gasteiger partial charge in [-0.15, -0.1) is 0 Å². The maximum absolute atomic E-state index is 12.9. The fourth-order valence-electron chi connectivity index (χ4n) is 7.69. The predicted molar refractivity (Wildman–Crippen MR) is 129 cm³/mol. The van der Waals surface area contributed by atoms with E-state index in [2.05, 4.69) is 40.9 Å². The third kappa shape index (κ3) is 3.98. The fourth-order valence-corrected chi connectivity index (χ4v) is 7.69. The molecule has 1 unspecified atom stereocenters. The van der Waals surface area contributed by atoms with Gasteiger partial charge in [-0.05, 0) is 99.2 Å². The van der Waals surface area contributed by atoms with E-state index in [1.54, 1.807) is 0 Å². The van der Waals surface area contributed by atoms with Crippen LogP contribution in [0.5, 0.6) is 0 Å². The second kappa shape index (κ2) is 8.30. The van der Waals surface area contributed by atoms with Gasteiger partial charge >= 0.3 is 5.97 Å². The fraction of sp³-hybridized carbons (Fsp3) is 0.517. The van der Waals surface area contributed by atoms with Crippen molar-refractivity contribution in [2.45, 2.75) is 64.2 Å². The molecule has 4 saturated carbocycles. The average Bonchev–Trinajstić information content (AvgIpc) is 3.22. The summed E-state index contributed by atoms with van der Waals surface area (Å²) in [5, 5.41) is 0. The molecule has 0 amide bonds. The van der Waals surface area contributed by atoms with E-state index in [9.17, 15) is 4.79 Å². The minimum absolute atomic E-state index is 0.188. The third-order valence-corrected chi connectivity index (χ3v) is 8.53. The summed E-state index contributed by atoms with van der Waals surface area (Å²) in [4.78, 5) is 17.9. The van der Waals surface area contributed by atoms with Gasteiger partial charge in [0.1, 0.15) is 11.6 Å². The van der Waals surface area contributed by atoms with Crippen molar-refractivity contribution < 1.29 is 9.53 Å². The highest BCUT2D eigenvalue weighted by Gasteiger charge is 2.50. The van der Waals surface area contributed by atoms with Crippen LogP contribution in [0.4, 0.5) is 0 Å². The summed E-state index contributed by atoms with van der Waals surface area (Å²) in [6, 6.07) is 16.7. The Balaban J connectivity index is 1.32. The summed E-state index contributed by atoms with van der Waals surface area (Å²) in [6.45, 7) is 2.25. The Hall–Kier alpha value is -2.62. The third-order valence-electron chi connectivity index (χ3n) is 8.53. The highest BCUT2D eigenvalue weighted by Crippen LogP contribution is 2.61. The molecule has 0 spiro atoms. The van der Waals surface area contributed by atoms with E-state index in [1.165, 1.54) is 44.2 Å². The zero-order chi connectivity index (χ0) is 22.4. The predicted octanol–water partition coefficient (Wildman–Crippen LogP) is 5.98. The highest BCUT2D eigenvalue weighted by molar-refractivity contribution is 5.78. The first kappa shape index (κ1) is 20.9. The first-order chi connectivity index (χ1) is 16.1. The molecule has 4 aliphatic rings. The molecule has 0 saturated heterocycles. The monoisotopic (exact) mass is 442 g/mol. The maximum Gasteiger partial charge on any atom is 0.315 e. The molecular formula is C29H34N2O2. The van der Waals surface area contributed by atoms with Gasteiger partial charge < -0.3 is 9.14 Å². The Kier molecular flexibility index (Phi) is 5.27. The van der Waals surface area contributed by atoms with Gasteiger partial charge in [-0.1, -0.05) is 36.4 Å². The van der Waals surface area contributed by atoms with E-state index in [4.69, 9.17) is 9.72 Å². The van der Waals surface area contributed by atoms with Gasteiger partial charge in [0.2, 0.25) is 0 Å². The number of hydrogen-bond donors (Lipinski definition) is 0. The van der Waals surface area contributed by atoms with Crippen LogP contribution in [0.25, 0.3) is 5.65 Å². The van der Waals surface area contributed by atoms with E-state index >= 15 is 0 Å². The molecule has 1 aromatic carbocycles. The van der Waals surface area contributed by atoms with E-state index < -0.39 is 0 Å². The quantitative estimate of drug-likeness (QED) is 0.423. The van der Waals surface area contributed by atoms with Crippen molar-refractivity contribution in [3.63, 3.8) is 0 Å². The smallest absolute Gasteiger partial charge is 0.315 e. The minimum atomic E-state index is -0.389. The number of imidazole rings is 1. The van der Waals surface area contributed by atoms with Crippen LogP contribution in [0, 0.1) is 23.2 Å². The number of nitrogens with zero attached hydrogens (tertiary/aromatic N) is 2. The zero-order valence-electron chi connectivity index (χ0n) is 19.6. The maximum atomic E-state index is 12.9. The van der Waals surface area contributed by atoms with Gasteiger partial charge in [0, 0.05) is 11.9 Å². The SMILES string of the molecule is CCOC(=O)C(Cc1ccccc1)c1cn2c(CC34CC5CC(CC(C5)C3)C4)cccc2n1. The Labute approximate surface area is 196 Å². The van der Waals surface area contributed by atoms with Crippen molar-refractivity contribution in [1.82, 2.24) is 9.38 Å². The molecule has 3 aromatic rings. The van der Waals surface area contributed by atoms with Crippen molar-refractivity contribution in [1.29, 1.82) is 0 Å². The molecular weight excluding hydrogens is 408 g/mol. The number of carbonyl (C=O) groups excluding carboxylic acids is 1. The van der Waals surface area contributed by atoms with Crippen molar-refractivity contribution in [2.24, 2.45) is 23.2 Å². The lowest BCUT2D eigenvalue weighted by molar-refractivity contribution is -0.145. The number of hydrogen-bond acceptors (Lipinski definition) is 3. The second-order valence-corrected chi connectivity index (χ2v) is 11.0. The second-order valence-electron chi connectivity index (χ2n) is 11.0. The molecule has 0 aliphatic heterocycles. The first-order valence-corrected chi connectivity index (χ1v) is 12.8. The summed E-state index contributed by atoms with van der Waals surface area (Å²) in [5.41, 5.74) is 4.69. The van der Waals surface area contributed by atoms with Crippen LogP contribution in [0.2, 0.25) is 0 Å². The average molecular weight is 443 g/mol. The van der Waals surface area contributed by atoms with Crippen LogP contribution in [0.3, 0.4) is 0 Å². The number of rotatable bonds is 7. The zero-order valence-corrected chi connectivity index (χ0v) is 19.6. The molecule has 7 rings (SSSR count). The molecule has 2 aromatic heterocycles. The van der Waals surface area contributed by atoms with Gasteiger partial charge in [0.05, 0.1) is 12.3 Å². The lowest BCUT2D eigenvalue weighted by Gasteiger charge is -2.57. The molecule has 172 valence electrons. The van der Waals surface area contributed by atoms with Gasteiger partial charge in [-0.3, -0.25) is 4.79 Å². The van der Waals surface area contributed by atoms with Gasteiger partial charge in [0.15, 0.2) is 0 Å². The number of pyridine rings is 1. The van der Waals surface area contributed by atoms with Gasteiger partial charge in [-0.2, -0.15) is 0 Å². The molecule has 2 heterocycles. The number of carbonyl (C=O) groups is 1. The molecule has 4 bridgehead atoms. The van der Waals surface area contributed by atoms with E-state index in [0.717, 1.165) is 41.1 Å². The van der Waals surface area contributed by atoms with Crippen LogP contribution in [0.15, 0.2) is 54.7 Å². The number of ether oxygens (including phenoxy) is 1. The molecule has 4 heteroatoms. The van der Waals surface area contributed by atoms with Crippen LogP contribution in [-0.2, 0) is 22.4 Å². The van der Waals surface area contributed by atoms with E-state index in [1.807, 2.05) is 25.1 Å². The summed E-state index contributed by atoms with van der Waals surface area (Å²) >= 11 is 0. The Morgan fingerprint density at radius 3 is 2.39 bits per heavy atom. The van der Waals surface area contributed by atoms with Gasteiger partial charge in [-0.25, -0.2) is 4.98 Å². The topological polar surface area (TPSA) is 43.6 Å². The van der Waals surface area contributed by atoms with E-state index in [0.29, 0.717) is 18.4 Å². The van der Waals surface area contributed by atoms with Crippen molar-refractivity contribution in [3.05, 3.63) is 71.7 Å². The molecule has 4 nitrogen and oxygen atoms in total. The first-order valence-electron chi connectivity index (χ1n) is 12.8. The van der Waals surface area contributed by atoms with Crippen LogP contribution in [0.1, 0.15) is 68.3 Å². The lowest BCUT2D eigenvalue weighted by atomic mass is 9.48. The molecule has 33 heavy (non-hydrogen) atoms. The summed E-state index contributed by atoms with van der Waals surface area (Å²) < 4.78 is 7.71. The van der Waals surface area contributed by atoms with Crippen molar-refractivity contribution >= 4 is 11.6 Å².